The molecule has 1 saturated heterocycles. The van der Waals surface area contributed by atoms with Crippen molar-refractivity contribution in [3.63, 3.8) is 0 Å². The van der Waals surface area contributed by atoms with Crippen molar-refractivity contribution in [1.29, 1.82) is 0 Å². The van der Waals surface area contributed by atoms with Gasteiger partial charge in [-0.1, -0.05) is 0 Å². The van der Waals surface area contributed by atoms with Gasteiger partial charge in [-0.05, 0) is 24.6 Å². The summed E-state index contributed by atoms with van der Waals surface area (Å²) >= 11 is 7.53. The number of rotatable bonds is 2. The fourth-order valence-corrected chi connectivity index (χ4v) is 3.11. The fourth-order valence-electron chi connectivity index (χ4n) is 2.03. The van der Waals surface area contributed by atoms with Crippen molar-refractivity contribution in [2.24, 2.45) is 0 Å². The van der Waals surface area contributed by atoms with Gasteiger partial charge in [-0.25, -0.2) is 4.98 Å². The zero-order valence-corrected chi connectivity index (χ0v) is 11.6. The molecule has 0 N–H and O–H groups in total. The predicted molar refractivity (Wildman–Crippen MR) is 71.6 cm³/mol. The summed E-state index contributed by atoms with van der Waals surface area (Å²) in [6, 6.07) is 2.05. The summed E-state index contributed by atoms with van der Waals surface area (Å²) in [5.74, 6) is 0.598. The van der Waals surface area contributed by atoms with Gasteiger partial charge in [-0.2, -0.15) is 4.98 Å². The molecule has 0 spiro atoms. The van der Waals surface area contributed by atoms with Crippen molar-refractivity contribution >= 4 is 33.2 Å². The summed E-state index contributed by atoms with van der Waals surface area (Å²) in [5, 5.41) is 1.19. The molecule has 2 aromatic heterocycles. The van der Waals surface area contributed by atoms with E-state index in [1.54, 1.807) is 11.3 Å². The van der Waals surface area contributed by atoms with E-state index in [9.17, 15) is 0 Å². The fraction of sp³-hybridized carbons (Fsp3) is 0.500. The van der Waals surface area contributed by atoms with Crippen molar-refractivity contribution in [3.05, 3.63) is 16.2 Å². The van der Waals surface area contributed by atoms with Gasteiger partial charge in [0.2, 0.25) is 11.2 Å². The number of nitrogens with zero attached hydrogens (tertiary/aromatic N) is 2. The molecule has 0 unspecified atom stereocenters. The van der Waals surface area contributed by atoms with Gasteiger partial charge < -0.3 is 9.47 Å². The number of aromatic nitrogens is 2. The van der Waals surface area contributed by atoms with Crippen LogP contribution < -0.4 is 4.74 Å². The average Bonchev–Trinajstić information content (AvgIpc) is 2.71. The Hall–Kier alpha value is -0.910. The van der Waals surface area contributed by atoms with Crippen molar-refractivity contribution in [2.45, 2.75) is 25.9 Å². The van der Waals surface area contributed by atoms with Crippen LogP contribution in [-0.4, -0.2) is 29.3 Å². The van der Waals surface area contributed by atoms with E-state index in [0.29, 0.717) is 5.88 Å². The molecular weight excluding hydrogens is 272 g/mol. The maximum Gasteiger partial charge on any atom is 0.227 e. The van der Waals surface area contributed by atoms with Gasteiger partial charge in [0.05, 0.1) is 18.6 Å². The van der Waals surface area contributed by atoms with Crippen molar-refractivity contribution < 1.29 is 9.47 Å². The molecule has 0 aliphatic carbocycles. The lowest BCUT2D eigenvalue weighted by Crippen LogP contribution is -2.26. The summed E-state index contributed by atoms with van der Waals surface area (Å²) in [6.07, 6.45) is 1.95. The third-order valence-electron chi connectivity index (χ3n) is 2.90. The van der Waals surface area contributed by atoms with E-state index in [1.165, 1.54) is 4.88 Å². The van der Waals surface area contributed by atoms with Gasteiger partial charge in [-0.15, -0.1) is 11.3 Å². The molecule has 3 heterocycles. The zero-order chi connectivity index (χ0) is 12.5. The lowest BCUT2D eigenvalue weighted by molar-refractivity contribution is 0.0244. The minimum Gasteiger partial charge on any atom is -0.474 e. The number of hydrogen-bond acceptors (Lipinski definition) is 5. The summed E-state index contributed by atoms with van der Waals surface area (Å²) in [6.45, 7) is 3.53. The van der Waals surface area contributed by atoms with Crippen LogP contribution in [0.4, 0.5) is 0 Å². The van der Waals surface area contributed by atoms with E-state index in [4.69, 9.17) is 21.1 Å². The second kappa shape index (κ2) is 4.99. The smallest absolute Gasteiger partial charge is 0.227 e. The first-order chi connectivity index (χ1) is 8.72. The lowest BCUT2D eigenvalue weighted by atomic mass is 10.1. The molecular formula is C12H13ClN2O2S. The Morgan fingerprint density at radius 1 is 1.39 bits per heavy atom. The van der Waals surface area contributed by atoms with Crippen LogP contribution in [0, 0.1) is 6.92 Å². The highest BCUT2D eigenvalue weighted by Gasteiger charge is 2.19. The normalized spacial score (nSPS) is 17.2. The Kier molecular flexibility index (Phi) is 3.37. The van der Waals surface area contributed by atoms with Gasteiger partial charge in [0.25, 0.3) is 0 Å². The highest BCUT2D eigenvalue weighted by Crippen LogP contribution is 2.32. The Labute approximate surface area is 114 Å². The van der Waals surface area contributed by atoms with Crippen LogP contribution in [0.25, 0.3) is 10.2 Å². The van der Waals surface area contributed by atoms with E-state index >= 15 is 0 Å². The first-order valence-electron chi connectivity index (χ1n) is 5.90. The molecule has 1 fully saturated rings. The topological polar surface area (TPSA) is 44.2 Å². The molecule has 96 valence electrons. The average molecular weight is 285 g/mol. The van der Waals surface area contributed by atoms with Gasteiger partial charge in [-0.3, -0.25) is 0 Å². The molecule has 18 heavy (non-hydrogen) atoms. The van der Waals surface area contributed by atoms with Gasteiger partial charge >= 0.3 is 0 Å². The van der Waals surface area contributed by atoms with E-state index in [2.05, 4.69) is 9.97 Å². The summed E-state index contributed by atoms with van der Waals surface area (Å²) in [5.41, 5.74) is 0. The Morgan fingerprint density at radius 3 is 2.94 bits per heavy atom. The number of hydrogen-bond donors (Lipinski definition) is 0. The molecule has 0 atom stereocenters. The quantitative estimate of drug-likeness (QED) is 0.794. The molecule has 4 nitrogen and oxygen atoms in total. The Morgan fingerprint density at radius 2 is 2.17 bits per heavy atom. The van der Waals surface area contributed by atoms with Crippen LogP contribution in [-0.2, 0) is 4.74 Å². The molecule has 6 heteroatoms. The largest absolute Gasteiger partial charge is 0.474 e. The Balaban J connectivity index is 1.94. The van der Waals surface area contributed by atoms with E-state index in [-0.39, 0.29) is 11.4 Å². The highest BCUT2D eigenvalue weighted by atomic mass is 35.5. The first-order valence-corrected chi connectivity index (χ1v) is 7.10. The number of fused-ring (bicyclic) bond motifs is 1. The second-order valence-electron chi connectivity index (χ2n) is 4.30. The summed E-state index contributed by atoms with van der Waals surface area (Å²) in [4.78, 5) is 10.5. The maximum atomic E-state index is 5.95. The van der Waals surface area contributed by atoms with Crippen LogP contribution in [0.5, 0.6) is 5.88 Å². The molecule has 1 aliphatic heterocycles. The van der Waals surface area contributed by atoms with E-state index in [0.717, 1.165) is 36.3 Å². The molecule has 3 rings (SSSR count). The number of thiophene rings is 1. The number of aryl methyl sites for hydroxylation is 1. The molecule has 0 aromatic carbocycles. The predicted octanol–water partition coefficient (Wildman–Crippen LogP) is 3.21. The monoisotopic (exact) mass is 284 g/mol. The minimum atomic E-state index is 0.160. The number of halogens is 1. The molecule has 2 aromatic rings. The van der Waals surface area contributed by atoms with Crippen molar-refractivity contribution in [3.8, 4) is 5.88 Å². The van der Waals surface area contributed by atoms with E-state index < -0.39 is 0 Å². The SMILES string of the molecule is Cc1cc2c(OC3CCOCC3)nc(Cl)nc2s1. The van der Waals surface area contributed by atoms with Crippen LogP contribution in [0.1, 0.15) is 17.7 Å². The lowest BCUT2D eigenvalue weighted by Gasteiger charge is -2.22. The maximum absolute atomic E-state index is 5.95. The molecule has 0 bridgehead atoms. The summed E-state index contributed by atoms with van der Waals surface area (Å²) in [7, 11) is 0. The van der Waals surface area contributed by atoms with Gasteiger partial charge in [0.15, 0.2) is 0 Å². The molecule has 0 radical (unpaired) electrons. The van der Waals surface area contributed by atoms with Gasteiger partial charge in [0, 0.05) is 17.7 Å². The summed E-state index contributed by atoms with van der Waals surface area (Å²) < 4.78 is 11.3. The highest BCUT2D eigenvalue weighted by molar-refractivity contribution is 7.18. The number of ether oxygens (including phenoxy) is 2. The second-order valence-corrected chi connectivity index (χ2v) is 5.88. The van der Waals surface area contributed by atoms with Gasteiger partial charge in [0.1, 0.15) is 10.9 Å². The third-order valence-corrected chi connectivity index (χ3v) is 4.01. The molecule has 0 saturated carbocycles. The van der Waals surface area contributed by atoms with Crippen LogP contribution in [0.3, 0.4) is 0 Å². The van der Waals surface area contributed by atoms with E-state index in [1.807, 2.05) is 13.0 Å². The molecule has 1 aliphatic rings. The Bertz CT molecular complexity index is 566. The third kappa shape index (κ3) is 2.43. The minimum absolute atomic E-state index is 0.160. The van der Waals surface area contributed by atoms with Crippen LogP contribution >= 0.6 is 22.9 Å². The first kappa shape index (κ1) is 12.1. The standard InChI is InChI=1S/C12H13ClN2O2S/c1-7-6-9-10(14-12(13)15-11(9)18-7)17-8-2-4-16-5-3-8/h6,8H,2-5H2,1H3. The zero-order valence-electron chi connectivity index (χ0n) is 9.98. The van der Waals surface area contributed by atoms with Crippen molar-refractivity contribution in [2.75, 3.05) is 13.2 Å². The molecule has 0 amide bonds. The van der Waals surface area contributed by atoms with Crippen LogP contribution in [0.2, 0.25) is 5.28 Å². The van der Waals surface area contributed by atoms with Crippen LogP contribution in [0.15, 0.2) is 6.07 Å². The van der Waals surface area contributed by atoms with Crippen molar-refractivity contribution in [1.82, 2.24) is 9.97 Å².